The number of benzene rings is 2. The number of aryl methyl sites for hydroxylation is 1. The fourth-order valence-electron chi connectivity index (χ4n) is 3.62. The first-order valence-electron chi connectivity index (χ1n) is 9.42. The molecule has 28 heavy (non-hydrogen) atoms. The van der Waals surface area contributed by atoms with Gasteiger partial charge in [-0.25, -0.2) is 4.98 Å². The summed E-state index contributed by atoms with van der Waals surface area (Å²) < 4.78 is 0. The molecule has 0 atom stereocenters. The highest BCUT2D eigenvalue weighted by atomic mass is 16.3. The molecular weight excluding hydrogens is 348 g/mol. The third-order valence-corrected chi connectivity index (χ3v) is 5.17. The highest BCUT2D eigenvalue weighted by molar-refractivity contribution is 5.68. The van der Waals surface area contributed by atoms with E-state index in [0.29, 0.717) is 5.56 Å². The Kier molecular flexibility index (Phi) is 4.86. The lowest BCUT2D eigenvalue weighted by molar-refractivity contribution is 0.475. The fourth-order valence-corrected chi connectivity index (χ4v) is 3.62. The second kappa shape index (κ2) is 7.61. The van der Waals surface area contributed by atoms with Gasteiger partial charge in [0.2, 0.25) is 0 Å². The van der Waals surface area contributed by atoms with Gasteiger partial charge in [-0.3, -0.25) is 0 Å². The Bertz CT molecular complexity index is 1000. The zero-order valence-corrected chi connectivity index (χ0v) is 15.8. The second-order valence-electron chi connectivity index (χ2n) is 6.99. The molecule has 5 heteroatoms. The van der Waals surface area contributed by atoms with Crippen LogP contribution < -0.4 is 9.80 Å². The van der Waals surface area contributed by atoms with Gasteiger partial charge in [0.05, 0.1) is 11.3 Å². The molecule has 0 unspecified atom stereocenters. The summed E-state index contributed by atoms with van der Waals surface area (Å²) in [4.78, 5) is 9.35. The molecule has 1 fully saturated rings. The minimum atomic E-state index is 0.276. The molecule has 1 aromatic heterocycles. The smallest absolute Gasteiger partial charge is 0.147 e. The van der Waals surface area contributed by atoms with Crippen molar-refractivity contribution >= 4 is 11.5 Å². The number of pyridine rings is 1. The van der Waals surface area contributed by atoms with Crippen molar-refractivity contribution in [3.05, 3.63) is 71.8 Å². The maximum Gasteiger partial charge on any atom is 0.147 e. The number of piperazine rings is 1. The minimum absolute atomic E-state index is 0.276. The van der Waals surface area contributed by atoms with Crippen molar-refractivity contribution in [2.24, 2.45) is 0 Å². The van der Waals surface area contributed by atoms with E-state index in [1.807, 2.05) is 55.5 Å². The van der Waals surface area contributed by atoms with E-state index in [2.05, 4.69) is 15.9 Å². The first kappa shape index (κ1) is 17.9. The molecule has 0 radical (unpaired) electrons. The van der Waals surface area contributed by atoms with Crippen LogP contribution in [0.2, 0.25) is 0 Å². The van der Waals surface area contributed by atoms with Crippen LogP contribution in [0.5, 0.6) is 5.75 Å². The average molecular weight is 370 g/mol. The number of phenols is 1. The SMILES string of the molecule is Cc1cc(-c2ccccc2)nc(N2CCN(c3ccc(O)cc3)CC2)c1C#N. The molecule has 0 amide bonds. The largest absolute Gasteiger partial charge is 0.508 e. The lowest BCUT2D eigenvalue weighted by atomic mass is 10.1. The number of rotatable bonds is 3. The van der Waals surface area contributed by atoms with Crippen LogP contribution in [0.25, 0.3) is 11.3 Å². The van der Waals surface area contributed by atoms with Gasteiger partial charge < -0.3 is 14.9 Å². The molecule has 1 N–H and O–H groups in total. The zero-order valence-electron chi connectivity index (χ0n) is 15.8. The summed E-state index contributed by atoms with van der Waals surface area (Å²) >= 11 is 0. The monoisotopic (exact) mass is 370 g/mol. The van der Waals surface area contributed by atoms with Crippen molar-refractivity contribution in [2.75, 3.05) is 36.0 Å². The average Bonchev–Trinajstić information content (AvgIpc) is 2.74. The van der Waals surface area contributed by atoms with Crippen molar-refractivity contribution in [3.8, 4) is 23.1 Å². The van der Waals surface area contributed by atoms with E-state index >= 15 is 0 Å². The van der Waals surface area contributed by atoms with E-state index in [9.17, 15) is 10.4 Å². The number of aromatic hydroxyl groups is 1. The number of phenolic OH excluding ortho intramolecular Hbond substituents is 1. The first-order valence-corrected chi connectivity index (χ1v) is 9.42. The van der Waals surface area contributed by atoms with E-state index in [0.717, 1.165) is 54.5 Å². The van der Waals surface area contributed by atoms with Crippen molar-refractivity contribution in [1.82, 2.24) is 4.98 Å². The summed E-state index contributed by atoms with van der Waals surface area (Å²) in [6.45, 7) is 5.24. The van der Waals surface area contributed by atoms with Gasteiger partial charge in [0.1, 0.15) is 17.6 Å². The number of hydrogen-bond acceptors (Lipinski definition) is 5. The number of anilines is 2. The third-order valence-electron chi connectivity index (χ3n) is 5.17. The zero-order chi connectivity index (χ0) is 19.5. The molecule has 2 heterocycles. The lowest BCUT2D eigenvalue weighted by Crippen LogP contribution is -2.47. The molecule has 2 aromatic carbocycles. The topological polar surface area (TPSA) is 63.4 Å². The molecule has 3 aromatic rings. The standard InChI is InChI=1S/C23H22N4O/c1-17-15-22(18-5-3-2-4-6-18)25-23(21(17)16-24)27-13-11-26(12-14-27)19-7-9-20(28)10-8-19/h2-10,15,28H,11-14H2,1H3. The van der Waals surface area contributed by atoms with Crippen molar-refractivity contribution < 1.29 is 5.11 Å². The molecule has 0 bridgehead atoms. The molecule has 4 rings (SSSR count). The van der Waals surface area contributed by atoms with E-state index in [-0.39, 0.29) is 5.75 Å². The Morgan fingerprint density at radius 2 is 1.57 bits per heavy atom. The van der Waals surface area contributed by atoms with Crippen molar-refractivity contribution in [3.63, 3.8) is 0 Å². The van der Waals surface area contributed by atoms with E-state index in [4.69, 9.17) is 4.98 Å². The van der Waals surface area contributed by atoms with Gasteiger partial charge in [-0.1, -0.05) is 30.3 Å². The van der Waals surface area contributed by atoms with Crippen LogP contribution in [0.4, 0.5) is 11.5 Å². The Hall–Kier alpha value is -3.52. The minimum Gasteiger partial charge on any atom is -0.508 e. The molecule has 0 aliphatic carbocycles. The number of nitriles is 1. The van der Waals surface area contributed by atoms with Crippen LogP contribution in [0.15, 0.2) is 60.7 Å². The molecule has 140 valence electrons. The van der Waals surface area contributed by atoms with Gasteiger partial charge in [-0.05, 0) is 42.8 Å². The van der Waals surface area contributed by atoms with Crippen LogP contribution >= 0.6 is 0 Å². The van der Waals surface area contributed by atoms with Gasteiger partial charge in [0.25, 0.3) is 0 Å². The quantitative estimate of drug-likeness (QED) is 0.756. The Balaban J connectivity index is 1.60. The van der Waals surface area contributed by atoms with Crippen LogP contribution in [0, 0.1) is 18.3 Å². The van der Waals surface area contributed by atoms with Crippen LogP contribution in [0.1, 0.15) is 11.1 Å². The van der Waals surface area contributed by atoms with E-state index in [1.54, 1.807) is 12.1 Å². The Morgan fingerprint density at radius 3 is 2.21 bits per heavy atom. The normalized spacial score (nSPS) is 14.0. The molecule has 1 aliphatic rings. The summed E-state index contributed by atoms with van der Waals surface area (Å²) in [6.07, 6.45) is 0. The second-order valence-corrected chi connectivity index (χ2v) is 6.99. The highest BCUT2D eigenvalue weighted by Crippen LogP contribution is 2.29. The summed E-state index contributed by atoms with van der Waals surface area (Å²) in [5, 5.41) is 19.2. The summed E-state index contributed by atoms with van der Waals surface area (Å²) in [5.41, 5.74) is 4.65. The van der Waals surface area contributed by atoms with Crippen LogP contribution in [-0.2, 0) is 0 Å². The predicted octanol–water partition coefficient (Wildman–Crippen LogP) is 3.96. The Labute approximate surface area is 165 Å². The third kappa shape index (κ3) is 3.49. The molecule has 0 spiro atoms. The fraction of sp³-hybridized carbons (Fsp3) is 0.217. The van der Waals surface area contributed by atoms with Gasteiger partial charge in [-0.2, -0.15) is 5.26 Å². The summed E-state index contributed by atoms with van der Waals surface area (Å²) in [7, 11) is 0. The van der Waals surface area contributed by atoms with Gasteiger partial charge in [-0.15, -0.1) is 0 Å². The van der Waals surface area contributed by atoms with Gasteiger partial charge >= 0.3 is 0 Å². The molecule has 1 aliphatic heterocycles. The van der Waals surface area contributed by atoms with Crippen LogP contribution in [-0.4, -0.2) is 36.3 Å². The van der Waals surface area contributed by atoms with Crippen LogP contribution in [0.3, 0.4) is 0 Å². The molecule has 0 saturated carbocycles. The molecule has 1 saturated heterocycles. The first-order chi connectivity index (χ1) is 13.7. The maximum absolute atomic E-state index is 9.70. The predicted molar refractivity (Wildman–Crippen MR) is 112 cm³/mol. The maximum atomic E-state index is 9.70. The number of nitrogens with zero attached hydrogens (tertiary/aromatic N) is 4. The number of hydrogen-bond donors (Lipinski definition) is 1. The lowest BCUT2D eigenvalue weighted by Gasteiger charge is -2.37. The van der Waals surface area contributed by atoms with Crippen molar-refractivity contribution in [2.45, 2.75) is 6.92 Å². The summed E-state index contributed by atoms with van der Waals surface area (Å²) in [6, 6.07) is 21.7. The number of aromatic nitrogens is 1. The molecular formula is C23H22N4O. The Morgan fingerprint density at radius 1 is 0.929 bits per heavy atom. The van der Waals surface area contributed by atoms with Gasteiger partial charge in [0.15, 0.2) is 0 Å². The van der Waals surface area contributed by atoms with E-state index in [1.165, 1.54) is 0 Å². The highest BCUT2D eigenvalue weighted by Gasteiger charge is 2.22. The van der Waals surface area contributed by atoms with E-state index < -0.39 is 0 Å². The van der Waals surface area contributed by atoms with Gasteiger partial charge in [0, 0.05) is 37.4 Å². The summed E-state index contributed by atoms with van der Waals surface area (Å²) in [5.74, 6) is 1.05. The molecule has 5 nitrogen and oxygen atoms in total. The van der Waals surface area contributed by atoms with Crippen molar-refractivity contribution in [1.29, 1.82) is 5.26 Å².